The molecule has 0 aromatic heterocycles. The molecule has 0 aliphatic rings. The normalized spacial score (nSPS) is 9.40. The lowest BCUT2D eigenvalue weighted by Gasteiger charge is -2.02. The molecule has 0 aromatic rings. The van der Waals surface area contributed by atoms with Gasteiger partial charge in [-0.3, -0.25) is 4.79 Å². The summed E-state index contributed by atoms with van der Waals surface area (Å²) in [6.45, 7) is 5.88. The van der Waals surface area contributed by atoms with Crippen molar-refractivity contribution >= 4 is 11.9 Å². The third-order valence-corrected chi connectivity index (χ3v) is 1.74. The quantitative estimate of drug-likeness (QED) is 0.351. The Morgan fingerprint density at radius 2 is 1.93 bits per heavy atom. The number of unbranched alkanes of at least 4 members (excludes halogenated alkanes) is 2. The Labute approximate surface area is 90.2 Å². The largest absolute Gasteiger partial charge is 0.466 e. The minimum absolute atomic E-state index is 0.166. The van der Waals surface area contributed by atoms with E-state index in [2.05, 4.69) is 6.58 Å². The van der Waals surface area contributed by atoms with Crippen LogP contribution in [0.5, 0.6) is 0 Å². The molecule has 4 nitrogen and oxygen atoms in total. The standard InChI is InChI=1S/C11H18O4/c1-3-10(12)15-9-7-5-6-8-11(13)14-4-2/h3H,1,4-9H2,2H3. The molecule has 0 radical (unpaired) electrons. The molecule has 0 atom stereocenters. The first-order chi connectivity index (χ1) is 7.20. The van der Waals surface area contributed by atoms with Crippen molar-refractivity contribution in [1.82, 2.24) is 0 Å². The molecular formula is C11H18O4. The molecule has 0 fully saturated rings. The fourth-order valence-corrected chi connectivity index (χ4v) is 1.01. The maximum atomic E-state index is 10.9. The molecule has 0 spiro atoms. The Morgan fingerprint density at radius 1 is 1.20 bits per heavy atom. The number of esters is 2. The van der Waals surface area contributed by atoms with E-state index in [1.165, 1.54) is 0 Å². The average Bonchev–Trinajstić information content (AvgIpc) is 2.23. The minimum Gasteiger partial charge on any atom is -0.466 e. The third kappa shape index (κ3) is 9.00. The summed E-state index contributed by atoms with van der Waals surface area (Å²) in [5, 5.41) is 0. The monoisotopic (exact) mass is 214 g/mol. The van der Waals surface area contributed by atoms with E-state index >= 15 is 0 Å². The van der Waals surface area contributed by atoms with Crippen LogP contribution in [0.3, 0.4) is 0 Å². The van der Waals surface area contributed by atoms with E-state index in [0.717, 1.165) is 25.3 Å². The number of ether oxygens (including phenoxy) is 2. The van der Waals surface area contributed by atoms with Gasteiger partial charge in [-0.2, -0.15) is 0 Å². The fourth-order valence-electron chi connectivity index (χ4n) is 1.01. The maximum absolute atomic E-state index is 10.9. The summed E-state index contributed by atoms with van der Waals surface area (Å²) in [7, 11) is 0. The first kappa shape index (κ1) is 13.7. The van der Waals surface area contributed by atoms with Gasteiger partial charge in [0.25, 0.3) is 0 Å². The molecule has 0 saturated heterocycles. The van der Waals surface area contributed by atoms with Gasteiger partial charge in [-0.25, -0.2) is 4.79 Å². The van der Waals surface area contributed by atoms with Gasteiger partial charge in [0.15, 0.2) is 0 Å². The van der Waals surface area contributed by atoms with E-state index < -0.39 is 5.97 Å². The number of hydrogen-bond acceptors (Lipinski definition) is 4. The van der Waals surface area contributed by atoms with Crippen LogP contribution in [0, 0.1) is 0 Å². The second-order valence-electron chi connectivity index (χ2n) is 2.99. The fraction of sp³-hybridized carbons (Fsp3) is 0.636. The highest BCUT2D eigenvalue weighted by Gasteiger charge is 2.01. The lowest BCUT2D eigenvalue weighted by atomic mass is 10.2. The Bertz CT molecular complexity index is 211. The Hall–Kier alpha value is -1.32. The van der Waals surface area contributed by atoms with Crippen molar-refractivity contribution in [2.45, 2.75) is 32.6 Å². The minimum atomic E-state index is -0.402. The summed E-state index contributed by atoms with van der Waals surface area (Å²) in [4.78, 5) is 21.5. The Balaban J connectivity index is 3.21. The molecule has 86 valence electrons. The molecule has 0 N–H and O–H groups in total. The van der Waals surface area contributed by atoms with Crippen LogP contribution in [-0.4, -0.2) is 25.2 Å². The van der Waals surface area contributed by atoms with Gasteiger partial charge in [0.05, 0.1) is 13.2 Å². The number of rotatable bonds is 8. The topological polar surface area (TPSA) is 52.6 Å². The zero-order chi connectivity index (χ0) is 11.5. The predicted molar refractivity (Wildman–Crippen MR) is 56.3 cm³/mol. The van der Waals surface area contributed by atoms with Gasteiger partial charge < -0.3 is 9.47 Å². The summed E-state index contributed by atoms with van der Waals surface area (Å²) in [5.41, 5.74) is 0. The van der Waals surface area contributed by atoms with Gasteiger partial charge in [-0.1, -0.05) is 6.58 Å². The zero-order valence-electron chi connectivity index (χ0n) is 9.16. The lowest BCUT2D eigenvalue weighted by Crippen LogP contribution is -2.04. The molecule has 0 aliphatic heterocycles. The van der Waals surface area contributed by atoms with Crippen LogP contribution in [0.25, 0.3) is 0 Å². The molecule has 15 heavy (non-hydrogen) atoms. The highest BCUT2D eigenvalue weighted by molar-refractivity contribution is 5.81. The molecule has 0 amide bonds. The Morgan fingerprint density at radius 3 is 2.53 bits per heavy atom. The first-order valence-corrected chi connectivity index (χ1v) is 5.15. The zero-order valence-corrected chi connectivity index (χ0v) is 9.16. The summed E-state index contributed by atoms with van der Waals surface area (Å²) < 4.78 is 9.54. The summed E-state index contributed by atoms with van der Waals surface area (Å²) in [6.07, 6.45) is 3.95. The molecule has 0 aliphatic carbocycles. The van der Waals surface area contributed by atoms with Crippen LogP contribution in [-0.2, 0) is 19.1 Å². The molecule has 0 bridgehead atoms. The van der Waals surface area contributed by atoms with Crippen molar-refractivity contribution in [2.75, 3.05) is 13.2 Å². The van der Waals surface area contributed by atoms with Gasteiger partial charge >= 0.3 is 11.9 Å². The van der Waals surface area contributed by atoms with Crippen molar-refractivity contribution in [3.05, 3.63) is 12.7 Å². The van der Waals surface area contributed by atoms with Gasteiger partial charge in [-0.15, -0.1) is 0 Å². The molecule has 0 rings (SSSR count). The van der Waals surface area contributed by atoms with Crippen molar-refractivity contribution in [1.29, 1.82) is 0 Å². The number of hydrogen-bond donors (Lipinski definition) is 0. The van der Waals surface area contributed by atoms with Gasteiger partial charge in [-0.05, 0) is 26.2 Å². The summed E-state index contributed by atoms with van der Waals surface area (Å²) in [6, 6.07) is 0. The van der Waals surface area contributed by atoms with Crippen LogP contribution in [0.2, 0.25) is 0 Å². The van der Waals surface area contributed by atoms with E-state index in [0.29, 0.717) is 19.6 Å². The molecule has 0 aromatic carbocycles. The third-order valence-electron chi connectivity index (χ3n) is 1.74. The second kappa shape index (κ2) is 9.24. The van der Waals surface area contributed by atoms with E-state index in [1.54, 1.807) is 6.92 Å². The van der Waals surface area contributed by atoms with Crippen LogP contribution >= 0.6 is 0 Å². The highest BCUT2D eigenvalue weighted by Crippen LogP contribution is 2.01. The van der Waals surface area contributed by atoms with E-state index in [4.69, 9.17) is 9.47 Å². The number of carbonyl (C=O) groups excluding carboxylic acids is 2. The summed E-state index contributed by atoms with van der Waals surface area (Å²) >= 11 is 0. The summed E-state index contributed by atoms with van der Waals surface area (Å²) in [5.74, 6) is -0.569. The van der Waals surface area contributed by atoms with Crippen molar-refractivity contribution in [2.24, 2.45) is 0 Å². The Kier molecular flexibility index (Phi) is 8.43. The molecule has 4 heteroatoms. The van der Waals surface area contributed by atoms with Crippen LogP contribution in [0.1, 0.15) is 32.6 Å². The van der Waals surface area contributed by atoms with Gasteiger partial charge in [0, 0.05) is 12.5 Å². The molecular weight excluding hydrogens is 196 g/mol. The van der Waals surface area contributed by atoms with E-state index in [-0.39, 0.29) is 5.97 Å². The average molecular weight is 214 g/mol. The van der Waals surface area contributed by atoms with E-state index in [9.17, 15) is 9.59 Å². The molecule has 0 heterocycles. The van der Waals surface area contributed by atoms with Gasteiger partial charge in [0.1, 0.15) is 0 Å². The van der Waals surface area contributed by atoms with Crippen LogP contribution < -0.4 is 0 Å². The number of carbonyl (C=O) groups is 2. The molecule has 0 unspecified atom stereocenters. The van der Waals surface area contributed by atoms with Crippen molar-refractivity contribution in [3.8, 4) is 0 Å². The van der Waals surface area contributed by atoms with Crippen molar-refractivity contribution in [3.63, 3.8) is 0 Å². The first-order valence-electron chi connectivity index (χ1n) is 5.15. The van der Waals surface area contributed by atoms with Gasteiger partial charge in [0.2, 0.25) is 0 Å². The van der Waals surface area contributed by atoms with Crippen LogP contribution in [0.4, 0.5) is 0 Å². The molecule has 0 saturated carbocycles. The SMILES string of the molecule is C=CC(=O)OCCCCCC(=O)OCC. The maximum Gasteiger partial charge on any atom is 0.330 e. The van der Waals surface area contributed by atoms with Crippen molar-refractivity contribution < 1.29 is 19.1 Å². The van der Waals surface area contributed by atoms with E-state index in [1.807, 2.05) is 0 Å². The smallest absolute Gasteiger partial charge is 0.330 e. The lowest BCUT2D eigenvalue weighted by molar-refractivity contribution is -0.143. The highest BCUT2D eigenvalue weighted by atomic mass is 16.5. The second-order valence-corrected chi connectivity index (χ2v) is 2.99. The predicted octanol–water partition coefficient (Wildman–Crippen LogP) is 1.84. The van der Waals surface area contributed by atoms with Crippen LogP contribution in [0.15, 0.2) is 12.7 Å².